The highest BCUT2D eigenvalue weighted by Gasteiger charge is 2.49. The second-order valence-electron chi connectivity index (χ2n) is 7.89. The molecule has 2 aromatic rings. The highest BCUT2D eigenvalue weighted by atomic mass is 19.1. The van der Waals surface area contributed by atoms with E-state index in [2.05, 4.69) is 4.90 Å². The SMILES string of the molecule is COc1cccc(C2CCCC(CN(C)C)C2(O)c2ccc(F)cc2OC)c1. The number of hydrogen-bond acceptors (Lipinski definition) is 4. The third-order valence-corrected chi connectivity index (χ3v) is 5.88. The Morgan fingerprint density at radius 3 is 2.57 bits per heavy atom. The Balaban J connectivity index is 2.17. The van der Waals surface area contributed by atoms with Crippen LogP contribution in [0, 0.1) is 11.7 Å². The van der Waals surface area contributed by atoms with Gasteiger partial charge in [-0.1, -0.05) is 18.6 Å². The maximum atomic E-state index is 13.9. The number of rotatable bonds is 6. The molecule has 0 aromatic heterocycles. The van der Waals surface area contributed by atoms with Crippen molar-refractivity contribution in [1.29, 1.82) is 0 Å². The lowest BCUT2D eigenvalue weighted by atomic mass is 9.62. The van der Waals surface area contributed by atoms with Gasteiger partial charge in [0.05, 0.1) is 14.2 Å². The lowest BCUT2D eigenvalue weighted by Gasteiger charge is -2.48. The van der Waals surface area contributed by atoms with Gasteiger partial charge < -0.3 is 19.5 Å². The maximum Gasteiger partial charge on any atom is 0.127 e. The van der Waals surface area contributed by atoms with Crippen LogP contribution in [0.15, 0.2) is 42.5 Å². The molecule has 1 N–H and O–H groups in total. The molecule has 1 aliphatic rings. The number of aliphatic hydroxyl groups is 1. The molecule has 0 amide bonds. The van der Waals surface area contributed by atoms with Crippen molar-refractivity contribution in [2.45, 2.75) is 30.8 Å². The van der Waals surface area contributed by atoms with Gasteiger partial charge in [-0.2, -0.15) is 0 Å². The van der Waals surface area contributed by atoms with Gasteiger partial charge in [0.2, 0.25) is 0 Å². The van der Waals surface area contributed by atoms with Gasteiger partial charge in [0.1, 0.15) is 22.9 Å². The van der Waals surface area contributed by atoms with Crippen LogP contribution < -0.4 is 9.47 Å². The fourth-order valence-electron chi connectivity index (χ4n) is 4.65. The van der Waals surface area contributed by atoms with E-state index in [4.69, 9.17) is 9.47 Å². The quantitative estimate of drug-likeness (QED) is 0.808. The summed E-state index contributed by atoms with van der Waals surface area (Å²) in [6.45, 7) is 0.734. The topological polar surface area (TPSA) is 41.9 Å². The van der Waals surface area contributed by atoms with Crippen LogP contribution in [0.3, 0.4) is 0 Å². The molecule has 2 aromatic carbocycles. The van der Waals surface area contributed by atoms with Gasteiger partial charge in [0.25, 0.3) is 0 Å². The molecule has 0 aliphatic heterocycles. The second-order valence-corrected chi connectivity index (χ2v) is 7.89. The van der Waals surface area contributed by atoms with E-state index in [-0.39, 0.29) is 17.7 Å². The predicted octanol–water partition coefficient (Wildman–Crippen LogP) is 4.18. The van der Waals surface area contributed by atoms with Crippen LogP contribution in [0.5, 0.6) is 11.5 Å². The largest absolute Gasteiger partial charge is 0.497 e. The van der Waals surface area contributed by atoms with E-state index in [9.17, 15) is 9.50 Å². The van der Waals surface area contributed by atoms with Crippen molar-refractivity contribution >= 4 is 0 Å². The number of benzene rings is 2. The summed E-state index contributed by atoms with van der Waals surface area (Å²) < 4.78 is 24.8. The lowest BCUT2D eigenvalue weighted by molar-refractivity contribution is -0.0816. The number of nitrogens with zero attached hydrogens (tertiary/aromatic N) is 1. The molecule has 5 heteroatoms. The molecule has 1 fully saturated rings. The van der Waals surface area contributed by atoms with Gasteiger partial charge in [0, 0.05) is 30.0 Å². The lowest BCUT2D eigenvalue weighted by Crippen LogP contribution is -2.48. The van der Waals surface area contributed by atoms with Crippen molar-refractivity contribution in [3.8, 4) is 11.5 Å². The summed E-state index contributed by atoms with van der Waals surface area (Å²) in [4.78, 5) is 2.10. The van der Waals surface area contributed by atoms with Crippen LogP contribution >= 0.6 is 0 Å². The number of methoxy groups -OCH3 is 2. The van der Waals surface area contributed by atoms with Crippen LogP contribution in [-0.4, -0.2) is 44.9 Å². The molecule has 3 unspecified atom stereocenters. The Kier molecular flexibility index (Phi) is 6.26. The molecular weight excluding hydrogens is 357 g/mol. The molecule has 1 saturated carbocycles. The van der Waals surface area contributed by atoms with Crippen molar-refractivity contribution < 1.29 is 19.0 Å². The van der Waals surface area contributed by atoms with Crippen LogP contribution in [0.25, 0.3) is 0 Å². The predicted molar refractivity (Wildman–Crippen MR) is 108 cm³/mol. The van der Waals surface area contributed by atoms with Gasteiger partial charge in [-0.3, -0.25) is 0 Å². The highest BCUT2D eigenvalue weighted by Crippen LogP contribution is 2.53. The maximum absolute atomic E-state index is 13.9. The molecular formula is C23H30FNO3. The average molecular weight is 387 g/mol. The Hall–Kier alpha value is -2.11. The zero-order valence-corrected chi connectivity index (χ0v) is 17.1. The van der Waals surface area contributed by atoms with E-state index in [1.807, 2.05) is 38.4 Å². The summed E-state index contributed by atoms with van der Waals surface area (Å²) in [6, 6.07) is 12.3. The average Bonchev–Trinajstić information content (AvgIpc) is 2.69. The zero-order chi connectivity index (χ0) is 20.3. The normalized spacial score (nSPS) is 25.0. The number of halogens is 1. The van der Waals surface area contributed by atoms with Crippen LogP contribution in [0.2, 0.25) is 0 Å². The molecule has 28 heavy (non-hydrogen) atoms. The first-order chi connectivity index (χ1) is 13.4. The summed E-state index contributed by atoms with van der Waals surface area (Å²) in [6.07, 6.45) is 2.76. The molecule has 1 aliphatic carbocycles. The second kappa shape index (κ2) is 8.50. The van der Waals surface area contributed by atoms with Crippen LogP contribution in [0.1, 0.15) is 36.3 Å². The van der Waals surface area contributed by atoms with E-state index in [0.717, 1.165) is 37.1 Å². The minimum Gasteiger partial charge on any atom is -0.497 e. The summed E-state index contributed by atoms with van der Waals surface area (Å²) >= 11 is 0. The molecule has 3 rings (SSSR count). The Labute approximate surface area is 166 Å². The van der Waals surface area contributed by atoms with E-state index >= 15 is 0 Å². The van der Waals surface area contributed by atoms with E-state index < -0.39 is 5.60 Å². The molecule has 0 saturated heterocycles. The van der Waals surface area contributed by atoms with Gasteiger partial charge in [0.15, 0.2) is 0 Å². The van der Waals surface area contributed by atoms with Gasteiger partial charge in [-0.05, 0) is 56.8 Å². The zero-order valence-electron chi connectivity index (χ0n) is 17.1. The molecule has 0 radical (unpaired) electrons. The molecule has 4 nitrogen and oxygen atoms in total. The van der Waals surface area contributed by atoms with E-state index in [1.165, 1.54) is 19.2 Å². The summed E-state index contributed by atoms with van der Waals surface area (Å²) in [5.41, 5.74) is 0.501. The standard InChI is InChI=1S/C23H30FNO3/c1-25(2)15-17-8-6-10-20(16-7-5-9-19(13-16)27-3)23(17,26)21-12-11-18(24)14-22(21)28-4/h5,7,9,11-14,17,20,26H,6,8,10,15H2,1-4H3. The highest BCUT2D eigenvalue weighted by molar-refractivity contribution is 5.44. The van der Waals surface area contributed by atoms with Crippen molar-refractivity contribution in [2.75, 3.05) is 34.9 Å². The van der Waals surface area contributed by atoms with E-state index in [1.54, 1.807) is 13.2 Å². The van der Waals surface area contributed by atoms with E-state index in [0.29, 0.717) is 11.3 Å². The molecule has 0 spiro atoms. The van der Waals surface area contributed by atoms with Gasteiger partial charge in [-0.25, -0.2) is 4.39 Å². The summed E-state index contributed by atoms with van der Waals surface area (Å²) in [7, 11) is 7.19. The summed E-state index contributed by atoms with van der Waals surface area (Å²) in [5.74, 6) is 0.635. The molecule has 152 valence electrons. The minimum absolute atomic E-state index is 0.00758. The Morgan fingerprint density at radius 2 is 1.89 bits per heavy atom. The van der Waals surface area contributed by atoms with Crippen molar-refractivity contribution in [1.82, 2.24) is 4.90 Å². The van der Waals surface area contributed by atoms with Crippen molar-refractivity contribution in [3.63, 3.8) is 0 Å². The molecule has 0 heterocycles. The Morgan fingerprint density at radius 1 is 1.11 bits per heavy atom. The molecule has 0 bridgehead atoms. The first-order valence-corrected chi connectivity index (χ1v) is 9.75. The van der Waals surface area contributed by atoms with Crippen molar-refractivity contribution in [2.24, 2.45) is 5.92 Å². The fourth-order valence-corrected chi connectivity index (χ4v) is 4.65. The third-order valence-electron chi connectivity index (χ3n) is 5.88. The molecule has 3 atom stereocenters. The number of hydrogen-bond donors (Lipinski definition) is 1. The third kappa shape index (κ3) is 3.87. The van der Waals surface area contributed by atoms with Gasteiger partial charge >= 0.3 is 0 Å². The fraction of sp³-hybridized carbons (Fsp3) is 0.478. The minimum atomic E-state index is -1.17. The smallest absolute Gasteiger partial charge is 0.127 e. The first kappa shape index (κ1) is 20.6. The first-order valence-electron chi connectivity index (χ1n) is 9.75. The number of ether oxygens (including phenoxy) is 2. The van der Waals surface area contributed by atoms with Crippen LogP contribution in [-0.2, 0) is 5.60 Å². The van der Waals surface area contributed by atoms with Gasteiger partial charge in [-0.15, -0.1) is 0 Å². The summed E-state index contributed by atoms with van der Waals surface area (Å²) in [5, 5.41) is 12.3. The Bertz CT molecular complexity index is 810. The van der Waals surface area contributed by atoms with Crippen molar-refractivity contribution in [3.05, 3.63) is 59.4 Å². The van der Waals surface area contributed by atoms with Crippen LogP contribution in [0.4, 0.5) is 4.39 Å². The monoisotopic (exact) mass is 387 g/mol.